The Kier molecular flexibility index (Phi) is 5.47. The van der Waals surface area contributed by atoms with Crippen LogP contribution in [0.1, 0.15) is 26.3 Å². The Morgan fingerprint density at radius 1 is 1.19 bits per heavy atom. The number of anilines is 1. The minimum Gasteiger partial charge on any atom is -0.496 e. The van der Waals surface area contributed by atoms with E-state index in [1.165, 1.54) is 22.4 Å². The maximum absolute atomic E-state index is 5.56. The molecule has 0 bridgehead atoms. The van der Waals surface area contributed by atoms with Crippen LogP contribution in [0.15, 0.2) is 61.2 Å². The largest absolute Gasteiger partial charge is 0.496 e. The van der Waals surface area contributed by atoms with Crippen LogP contribution in [0.2, 0.25) is 0 Å². The zero-order valence-corrected chi connectivity index (χ0v) is 16.8. The van der Waals surface area contributed by atoms with Gasteiger partial charge in [0.2, 0.25) is 0 Å². The summed E-state index contributed by atoms with van der Waals surface area (Å²) in [6.07, 6.45) is 4.34. The van der Waals surface area contributed by atoms with Crippen LogP contribution in [-0.4, -0.2) is 23.7 Å². The first-order valence-corrected chi connectivity index (χ1v) is 10.0. The van der Waals surface area contributed by atoms with E-state index in [0.29, 0.717) is 5.25 Å². The molecule has 3 heteroatoms. The van der Waals surface area contributed by atoms with Crippen LogP contribution in [0.25, 0.3) is 16.7 Å². The summed E-state index contributed by atoms with van der Waals surface area (Å²) in [4.78, 5) is 0. The number of para-hydroxylation sites is 1. The quantitative estimate of drug-likeness (QED) is 0.611. The Bertz CT molecular complexity index is 838. The molecule has 0 amide bonds. The third kappa shape index (κ3) is 3.83. The summed E-state index contributed by atoms with van der Waals surface area (Å²) in [5.74, 6) is 1.85. The Morgan fingerprint density at radius 3 is 2.69 bits per heavy atom. The number of hydrogen-bond acceptors (Lipinski definition) is 3. The molecule has 0 spiro atoms. The average Bonchev–Trinajstić information content (AvgIpc) is 2.64. The molecule has 0 saturated carbocycles. The summed E-state index contributed by atoms with van der Waals surface area (Å²) in [5, 5.41) is 4.05. The second kappa shape index (κ2) is 7.63. The third-order valence-corrected chi connectivity index (χ3v) is 5.81. The molecule has 2 aromatic carbocycles. The lowest BCUT2D eigenvalue weighted by molar-refractivity contribution is 0.416. The number of hydrogen-bond donors (Lipinski definition) is 1. The van der Waals surface area contributed by atoms with Gasteiger partial charge in [-0.15, -0.1) is 18.3 Å². The fourth-order valence-electron chi connectivity index (χ4n) is 3.43. The molecular formula is C23H27NOS. The van der Waals surface area contributed by atoms with Crippen molar-refractivity contribution >= 4 is 23.0 Å². The number of nitrogens with one attached hydrogen (secondary N) is 1. The molecule has 0 radical (unpaired) electrons. The molecule has 1 unspecified atom stereocenters. The van der Waals surface area contributed by atoms with Gasteiger partial charge in [-0.2, -0.15) is 0 Å². The standard InChI is InChI=1S/C23H27NOS/c1-6-13-26-16(2)20-15-23(3,4)24-21-12-11-17(14-19(20)21)18-9-7-8-10-22(18)25-5/h6-12,14-16,24H,1,13H2,2-5H3. The van der Waals surface area contributed by atoms with Crippen LogP contribution in [0.3, 0.4) is 0 Å². The molecule has 1 atom stereocenters. The highest BCUT2D eigenvalue weighted by molar-refractivity contribution is 8.00. The number of fused-ring (bicyclic) bond motifs is 1. The fraction of sp³-hybridized carbons (Fsp3) is 0.304. The number of methoxy groups -OCH3 is 1. The highest BCUT2D eigenvalue weighted by atomic mass is 32.2. The smallest absolute Gasteiger partial charge is 0.126 e. The van der Waals surface area contributed by atoms with Crippen LogP contribution in [-0.2, 0) is 0 Å². The molecule has 1 aliphatic heterocycles. The van der Waals surface area contributed by atoms with E-state index >= 15 is 0 Å². The van der Waals surface area contributed by atoms with Crippen molar-refractivity contribution in [2.45, 2.75) is 31.6 Å². The number of ether oxygens (including phenoxy) is 1. The van der Waals surface area contributed by atoms with Gasteiger partial charge in [0.05, 0.1) is 12.6 Å². The van der Waals surface area contributed by atoms with E-state index in [4.69, 9.17) is 4.74 Å². The Balaban J connectivity index is 2.08. The first-order valence-electron chi connectivity index (χ1n) is 8.96. The monoisotopic (exact) mass is 365 g/mol. The van der Waals surface area contributed by atoms with Gasteiger partial charge in [-0.05, 0) is 50.1 Å². The molecule has 0 aliphatic carbocycles. The molecular weight excluding hydrogens is 338 g/mol. The second-order valence-corrected chi connectivity index (χ2v) is 8.55. The zero-order chi connectivity index (χ0) is 18.7. The van der Waals surface area contributed by atoms with Crippen molar-refractivity contribution in [3.8, 4) is 16.9 Å². The molecule has 0 fully saturated rings. The first kappa shape index (κ1) is 18.7. The van der Waals surface area contributed by atoms with E-state index in [9.17, 15) is 0 Å². The van der Waals surface area contributed by atoms with Gasteiger partial charge >= 0.3 is 0 Å². The topological polar surface area (TPSA) is 21.3 Å². The predicted molar refractivity (Wildman–Crippen MR) is 116 cm³/mol. The van der Waals surface area contributed by atoms with Crippen molar-refractivity contribution in [3.63, 3.8) is 0 Å². The van der Waals surface area contributed by atoms with Crippen molar-refractivity contribution in [2.75, 3.05) is 18.2 Å². The number of thioether (sulfide) groups is 1. The number of benzene rings is 2. The van der Waals surface area contributed by atoms with Crippen molar-refractivity contribution < 1.29 is 4.74 Å². The van der Waals surface area contributed by atoms with Gasteiger partial charge in [0.15, 0.2) is 0 Å². The lowest BCUT2D eigenvalue weighted by Gasteiger charge is -2.34. The SMILES string of the molecule is C=CCSC(C)C1=CC(C)(C)Nc2ccc(-c3ccccc3OC)cc21. The van der Waals surface area contributed by atoms with Gasteiger partial charge in [-0.3, -0.25) is 0 Å². The normalized spacial score (nSPS) is 16.1. The van der Waals surface area contributed by atoms with Gasteiger partial charge in [-0.1, -0.05) is 36.4 Å². The van der Waals surface area contributed by atoms with Crippen LogP contribution in [0, 0.1) is 0 Å². The van der Waals surface area contributed by atoms with Crippen LogP contribution in [0.5, 0.6) is 5.75 Å². The molecule has 0 saturated heterocycles. The van der Waals surface area contributed by atoms with E-state index in [1.54, 1.807) is 7.11 Å². The van der Waals surface area contributed by atoms with E-state index in [0.717, 1.165) is 17.1 Å². The van der Waals surface area contributed by atoms with Crippen LogP contribution in [0.4, 0.5) is 5.69 Å². The molecule has 2 nitrogen and oxygen atoms in total. The zero-order valence-electron chi connectivity index (χ0n) is 16.0. The maximum Gasteiger partial charge on any atom is 0.126 e. The van der Waals surface area contributed by atoms with E-state index in [-0.39, 0.29) is 5.54 Å². The van der Waals surface area contributed by atoms with Gasteiger partial charge in [0.1, 0.15) is 5.75 Å². The van der Waals surface area contributed by atoms with Gasteiger partial charge in [0.25, 0.3) is 0 Å². The van der Waals surface area contributed by atoms with E-state index < -0.39 is 0 Å². The van der Waals surface area contributed by atoms with Crippen molar-refractivity contribution in [3.05, 3.63) is 66.8 Å². The average molecular weight is 366 g/mol. The molecule has 1 aliphatic rings. The van der Waals surface area contributed by atoms with E-state index in [2.05, 4.69) is 69.1 Å². The summed E-state index contributed by atoms with van der Waals surface area (Å²) >= 11 is 1.92. The van der Waals surface area contributed by atoms with Gasteiger partial charge < -0.3 is 10.1 Å². The summed E-state index contributed by atoms with van der Waals surface area (Å²) < 4.78 is 5.56. The van der Waals surface area contributed by atoms with Crippen molar-refractivity contribution in [1.82, 2.24) is 0 Å². The molecule has 1 N–H and O–H groups in total. The summed E-state index contributed by atoms with van der Waals surface area (Å²) in [6, 6.07) is 14.8. The van der Waals surface area contributed by atoms with Gasteiger partial charge in [0, 0.05) is 27.8 Å². The van der Waals surface area contributed by atoms with Crippen molar-refractivity contribution in [1.29, 1.82) is 0 Å². The third-order valence-electron chi connectivity index (χ3n) is 4.62. The maximum atomic E-state index is 5.56. The fourth-order valence-corrected chi connectivity index (χ4v) is 4.23. The summed E-state index contributed by atoms with van der Waals surface area (Å²) in [5.41, 5.74) is 6.08. The van der Waals surface area contributed by atoms with Crippen LogP contribution >= 0.6 is 11.8 Å². The molecule has 136 valence electrons. The molecule has 3 rings (SSSR count). The molecule has 1 heterocycles. The minimum atomic E-state index is -0.0582. The Hall–Kier alpha value is -2.13. The predicted octanol–water partition coefficient (Wildman–Crippen LogP) is 6.26. The summed E-state index contributed by atoms with van der Waals surface area (Å²) in [6.45, 7) is 10.6. The Morgan fingerprint density at radius 2 is 1.96 bits per heavy atom. The van der Waals surface area contributed by atoms with Crippen LogP contribution < -0.4 is 10.1 Å². The molecule has 26 heavy (non-hydrogen) atoms. The van der Waals surface area contributed by atoms with Crippen molar-refractivity contribution in [2.24, 2.45) is 0 Å². The molecule has 0 aromatic heterocycles. The molecule has 2 aromatic rings. The number of rotatable bonds is 6. The Labute approximate surface area is 161 Å². The minimum absolute atomic E-state index is 0.0582. The highest BCUT2D eigenvalue weighted by Crippen LogP contribution is 2.42. The lowest BCUT2D eigenvalue weighted by atomic mass is 9.87. The summed E-state index contributed by atoms with van der Waals surface area (Å²) in [7, 11) is 1.72. The first-order chi connectivity index (χ1) is 12.4. The van der Waals surface area contributed by atoms with E-state index in [1.807, 2.05) is 30.0 Å². The van der Waals surface area contributed by atoms with Gasteiger partial charge in [-0.25, -0.2) is 0 Å². The second-order valence-electron chi connectivity index (χ2n) is 7.17. The lowest BCUT2D eigenvalue weighted by Crippen LogP contribution is -2.33. The highest BCUT2D eigenvalue weighted by Gasteiger charge is 2.27.